The van der Waals surface area contributed by atoms with E-state index in [1.54, 1.807) is 14.0 Å². The van der Waals surface area contributed by atoms with E-state index in [-0.39, 0.29) is 18.9 Å². The average molecular weight is 251 g/mol. The second-order valence-corrected chi connectivity index (χ2v) is 4.66. The predicted molar refractivity (Wildman–Crippen MR) is 70.6 cm³/mol. The van der Waals surface area contributed by atoms with Crippen molar-refractivity contribution in [1.29, 1.82) is 0 Å². The van der Waals surface area contributed by atoms with Crippen LogP contribution < -0.4 is 10.1 Å². The molecule has 1 amide bonds. The van der Waals surface area contributed by atoms with E-state index < -0.39 is 5.60 Å². The molecule has 0 saturated heterocycles. The largest absolute Gasteiger partial charge is 0.497 e. The second-order valence-electron chi connectivity index (χ2n) is 4.66. The highest BCUT2D eigenvalue weighted by molar-refractivity contribution is 5.78. The van der Waals surface area contributed by atoms with Crippen molar-refractivity contribution in [2.75, 3.05) is 13.7 Å². The molecule has 2 N–H and O–H groups in total. The van der Waals surface area contributed by atoms with E-state index in [2.05, 4.69) is 5.32 Å². The van der Waals surface area contributed by atoms with Crippen molar-refractivity contribution in [1.82, 2.24) is 5.32 Å². The summed E-state index contributed by atoms with van der Waals surface area (Å²) in [6, 6.07) is 7.39. The molecule has 1 atom stereocenters. The van der Waals surface area contributed by atoms with Crippen LogP contribution in [0, 0.1) is 0 Å². The summed E-state index contributed by atoms with van der Waals surface area (Å²) >= 11 is 0. The Morgan fingerprint density at radius 1 is 1.50 bits per heavy atom. The first kappa shape index (κ1) is 14.5. The monoisotopic (exact) mass is 251 g/mol. The first-order chi connectivity index (χ1) is 8.46. The number of amides is 1. The van der Waals surface area contributed by atoms with Gasteiger partial charge < -0.3 is 15.2 Å². The smallest absolute Gasteiger partial charge is 0.224 e. The molecule has 0 saturated carbocycles. The van der Waals surface area contributed by atoms with Crippen LogP contribution in [0.4, 0.5) is 0 Å². The number of hydrogen-bond acceptors (Lipinski definition) is 3. The van der Waals surface area contributed by atoms with E-state index in [4.69, 9.17) is 4.74 Å². The van der Waals surface area contributed by atoms with Crippen LogP contribution in [0.3, 0.4) is 0 Å². The number of carbonyl (C=O) groups excluding carboxylic acids is 1. The molecule has 4 heteroatoms. The standard InChI is InChI=1S/C14H21NO3/c1-4-14(2,17)10-15-13(16)9-11-6-5-7-12(8-11)18-3/h5-8,17H,4,9-10H2,1-3H3,(H,15,16). The maximum absolute atomic E-state index is 11.7. The molecular weight excluding hydrogens is 230 g/mol. The fraction of sp³-hybridized carbons (Fsp3) is 0.500. The molecule has 1 unspecified atom stereocenters. The summed E-state index contributed by atoms with van der Waals surface area (Å²) in [6.45, 7) is 3.86. The Balaban J connectivity index is 2.49. The van der Waals surface area contributed by atoms with Crippen molar-refractivity contribution in [3.63, 3.8) is 0 Å². The average Bonchev–Trinajstić information content (AvgIpc) is 2.37. The zero-order valence-corrected chi connectivity index (χ0v) is 11.2. The number of aliphatic hydroxyl groups is 1. The molecule has 0 fully saturated rings. The number of carbonyl (C=O) groups is 1. The van der Waals surface area contributed by atoms with Crippen LogP contribution in [0.1, 0.15) is 25.8 Å². The fourth-order valence-corrected chi connectivity index (χ4v) is 1.44. The van der Waals surface area contributed by atoms with Gasteiger partial charge in [-0.15, -0.1) is 0 Å². The molecule has 0 aliphatic heterocycles. The number of rotatable bonds is 6. The predicted octanol–water partition coefficient (Wildman–Crippen LogP) is 1.51. The van der Waals surface area contributed by atoms with Crippen molar-refractivity contribution >= 4 is 5.91 Å². The number of hydrogen-bond donors (Lipinski definition) is 2. The molecule has 18 heavy (non-hydrogen) atoms. The van der Waals surface area contributed by atoms with Crippen molar-refractivity contribution in [3.8, 4) is 5.75 Å². The van der Waals surface area contributed by atoms with Crippen LogP contribution in [-0.2, 0) is 11.2 Å². The van der Waals surface area contributed by atoms with Gasteiger partial charge in [-0.05, 0) is 31.0 Å². The fourth-order valence-electron chi connectivity index (χ4n) is 1.44. The van der Waals surface area contributed by atoms with Gasteiger partial charge in [0.2, 0.25) is 5.91 Å². The van der Waals surface area contributed by atoms with E-state index in [1.165, 1.54) is 0 Å². The third-order valence-corrected chi connectivity index (χ3v) is 2.93. The van der Waals surface area contributed by atoms with Gasteiger partial charge >= 0.3 is 0 Å². The lowest BCUT2D eigenvalue weighted by Gasteiger charge is -2.21. The zero-order chi connectivity index (χ0) is 13.6. The van der Waals surface area contributed by atoms with Crippen LogP contribution in [0.15, 0.2) is 24.3 Å². The van der Waals surface area contributed by atoms with Crippen LogP contribution in [0.5, 0.6) is 5.75 Å². The summed E-state index contributed by atoms with van der Waals surface area (Å²) in [5.74, 6) is 0.637. The van der Waals surface area contributed by atoms with E-state index in [9.17, 15) is 9.90 Å². The first-order valence-electron chi connectivity index (χ1n) is 6.09. The minimum Gasteiger partial charge on any atom is -0.497 e. The highest BCUT2D eigenvalue weighted by Crippen LogP contribution is 2.13. The molecule has 1 aromatic rings. The van der Waals surface area contributed by atoms with Crippen LogP contribution in [-0.4, -0.2) is 30.3 Å². The highest BCUT2D eigenvalue weighted by Gasteiger charge is 2.18. The van der Waals surface area contributed by atoms with Gasteiger partial charge in [0, 0.05) is 6.54 Å². The number of methoxy groups -OCH3 is 1. The quantitative estimate of drug-likeness (QED) is 0.806. The van der Waals surface area contributed by atoms with Crippen molar-refractivity contribution in [3.05, 3.63) is 29.8 Å². The Morgan fingerprint density at radius 2 is 2.22 bits per heavy atom. The number of ether oxygens (including phenoxy) is 1. The van der Waals surface area contributed by atoms with E-state index >= 15 is 0 Å². The van der Waals surface area contributed by atoms with Crippen LogP contribution in [0.25, 0.3) is 0 Å². The van der Waals surface area contributed by atoms with Gasteiger partial charge in [0.15, 0.2) is 0 Å². The van der Waals surface area contributed by atoms with Gasteiger partial charge in [-0.25, -0.2) is 0 Å². The molecule has 0 radical (unpaired) electrons. The zero-order valence-electron chi connectivity index (χ0n) is 11.2. The van der Waals surface area contributed by atoms with Gasteiger partial charge in [0.25, 0.3) is 0 Å². The topological polar surface area (TPSA) is 58.6 Å². The summed E-state index contributed by atoms with van der Waals surface area (Å²) in [5.41, 5.74) is 0.0484. The van der Waals surface area contributed by atoms with Crippen LogP contribution in [0.2, 0.25) is 0 Å². The van der Waals surface area contributed by atoms with E-state index in [0.29, 0.717) is 6.42 Å². The Hall–Kier alpha value is -1.55. The summed E-state index contributed by atoms with van der Waals surface area (Å²) in [5, 5.41) is 12.5. The molecule has 0 aromatic heterocycles. The molecule has 1 aromatic carbocycles. The van der Waals surface area contributed by atoms with Crippen molar-refractivity contribution in [2.45, 2.75) is 32.3 Å². The summed E-state index contributed by atoms with van der Waals surface area (Å²) in [6.07, 6.45) is 0.892. The number of benzene rings is 1. The van der Waals surface area contributed by atoms with Gasteiger partial charge in [0.05, 0.1) is 19.1 Å². The van der Waals surface area contributed by atoms with Gasteiger partial charge in [0.1, 0.15) is 5.75 Å². The Labute approximate surface area is 108 Å². The molecule has 0 heterocycles. The minimum atomic E-state index is -0.843. The molecule has 0 bridgehead atoms. The third-order valence-electron chi connectivity index (χ3n) is 2.93. The first-order valence-corrected chi connectivity index (χ1v) is 6.09. The minimum absolute atomic E-state index is 0.100. The Kier molecular flexibility index (Phi) is 5.16. The maximum Gasteiger partial charge on any atom is 0.224 e. The van der Waals surface area contributed by atoms with E-state index in [1.807, 2.05) is 31.2 Å². The Bertz CT molecular complexity index is 402. The van der Waals surface area contributed by atoms with Gasteiger partial charge in [-0.3, -0.25) is 4.79 Å². The molecular formula is C14H21NO3. The molecule has 0 aliphatic rings. The normalized spacial score (nSPS) is 13.8. The van der Waals surface area contributed by atoms with Gasteiger partial charge in [-0.1, -0.05) is 19.1 Å². The molecule has 0 aliphatic carbocycles. The van der Waals surface area contributed by atoms with Crippen molar-refractivity contribution < 1.29 is 14.6 Å². The highest BCUT2D eigenvalue weighted by atomic mass is 16.5. The summed E-state index contributed by atoms with van der Waals surface area (Å²) in [4.78, 5) is 11.7. The summed E-state index contributed by atoms with van der Waals surface area (Å²) in [7, 11) is 1.59. The molecule has 100 valence electrons. The lowest BCUT2D eigenvalue weighted by atomic mass is 10.0. The maximum atomic E-state index is 11.7. The van der Waals surface area contributed by atoms with Gasteiger partial charge in [-0.2, -0.15) is 0 Å². The molecule has 0 spiro atoms. The molecule has 1 rings (SSSR count). The number of nitrogens with one attached hydrogen (secondary N) is 1. The molecule has 4 nitrogen and oxygen atoms in total. The lowest BCUT2D eigenvalue weighted by molar-refractivity contribution is -0.121. The third kappa shape index (κ3) is 4.75. The van der Waals surface area contributed by atoms with Crippen LogP contribution >= 0.6 is 0 Å². The summed E-state index contributed by atoms with van der Waals surface area (Å²) < 4.78 is 5.10. The van der Waals surface area contributed by atoms with E-state index in [0.717, 1.165) is 11.3 Å². The lowest BCUT2D eigenvalue weighted by Crippen LogP contribution is -2.40. The van der Waals surface area contributed by atoms with Crippen molar-refractivity contribution in [2.24, 2.45) is 0 Å². The Morgan fingerprint density at radius 3 is 2.83 bits per heavy atom. The second kappa shape index (κ2) is 6.40. The SMILES string of the molecule is CCC(C)(O)CNC(=O)Cc1cccc(OC)c1.